The zero-order chi connectivity index (χ0) is 11.1. The Labute approximate surface area is 91.5 Å². The van der Waals surface area contributed by atoms with Gasteiger partial charge in [0.05, 0.1) is 13.2 Å². The molecule has 0 unspecified atom stereocenters. The average Bonchev–Trinajstić information content (AvgIpc) is 2.29. The molecule has 0 aliphatic rings. The maximum Gasteiger partial charge on any atom is 0.0605 e. The predicted octanol–water partition coefficient (Wildman–Crippen LogP) is 1.50. The minimum atomic E-state index is 0.0984. The molecule has 15 heavy (non-hydrogen) atoms. The van der Waals surface area contributed by atoms with E-state index in [1.54, 1.807) is 0 Å². The maximum absolute atomic E-state index is 9.10. The first kappa shape index (κ1) is 11.8. The van der Waals surface area contributed by atoms with Crippen molar-refractivity contribution in [1.29, 1.82) is 0 Å². The molecule has 1 rings (SSSR count). The van der Waals surface area contributed by atoms with Crippen molar-refractivity contribution < 1.29 is 5.11 Å². The maximum atomic E-state index is 9.10. The fourth-order valence-corrected chi connectivity index (χ4v) is 1.42. The van der Waals surface area contributed by atoms with Gasteiger partial charge >= 0.3 is 0 Å². The third kappa shape index (κ3) is 3.75. The van der Waals surface area contributed by atoms with E-state index in [-0.39, 0.29) is 12.6 Å². The first-order chi connectivity index (χ1) is 7.27. The normalized spacial score (nSPS) is 12.4. The Balaban J connectivity index is 2.63. The molecule has 1 N–H and O–H groups in total. The molecule has 2 heteroatoms. The van der Waals surface area contributed by atoms with Gasteiger partial charge in [0.2, 0.25) is 0 Å². The fraction of sp³-hybridized carbons (Fsp3) is 0.385. The molecule has 0 aliphatic heterocycles. The van der Waals surface area contributed by atoms with Crippen molar-refractivity contribution in [2.75, 3.05) is 13.2 Å². The molecular formula is C13H17NO. The molecule has 2 nitrogen and oxygen atoms in total. The Morgan fingerprint density at radius 3 is 2.60 bits per heavy atom. The number of nitrogens with zero attached hydrogens (tertiary/aromatic N) is 1. The van der Waals surface area contributed by atoms with E-state index in [1.165, 1.54) is 5.56 Å². The number of rotatable bonds is 5. The molecule has 0 heterocycles. The average molecular weight is 203 g/mol. The van der Waals surface area contributed by atoms with Crippen LogP contribution in [0.2, 0.25) is 0 Å². The summed E-state index contributed by atoms with van der Waals surface area (Å²) in [6.45, 7) is 3.46. The Morgan fingerprint density at radius 1 is 1.40 bits per heavy atom. The van der Waals surface area contributed by atoms with Crippen molar-refractivity contribution in [3.05, 3.63) is 35.9 Å². The highest BCUT2D eigenvalue weighted by molar-refractivity contribution is 5.14. The minimum absolute atomic E-state index is 0.0984. The van der Waals surface area contributed by atoms with Crippen LogP contribution in [0.15, 0.2) is 30.3 Å². The predicted molar refractivity (Wildman–Crippen MR) is 62.2 cm³/mol. The summed E-state index contributed by atoms with van der Waals surface area (Å²) in [6.07, 6.45) is 5.30. The summed E-state index contributed by atoms with van der Waals surface area (Å²) in [7, 11) is 0. The summed E-state index contributed by atoms with van der Waals surface area (Å²) in [5.74, 6) is 2.62. The van der Waals surface area contributed by atoms with Gasteiger partial charge in [-0.3, -0.25) is 4.90 Å². The third-order valence-electron chi connectivity index (χ3n) is 2.41. The van der Waals surface area contributed by atoms with E-state index in [0.717, 1.165) is 6.54 Å². The van der Waals surface area contributed by atoms with Crippen LogP contribution in [0, 0.1) is 12.3 Å². The number of hydrogen-bond donors (Lipinski definition) is 1. The largest absolute Gasteiger partial charge is 0.395 e. The summed E-state index contributed by atoms with van der Waals surface area (Å²) in [4.78, 5) is 2.08. The molecule has 0 aliphatic carbocycles. The molecule has 0 amide bonds. The van der Waals surface area contributed by atoms with Crippen molar-refractivity contribution in [2.45, 2.75) is 19.5 Å². The molecular weight excluding hydrogens is 186 g/mol. The standard InChI is InChI=1S/C13H17NO/c1-3-9-14(12(2)11-15)10-13-7-5-4-6-8-13/h1,4-8,12,15H,9-11H2,2H3/t12-/m1/s1. The van der Waals surface area contributed by atoms with Crippen LogP contribution in [0.3, 0.4) is 0 Å². The lowest BCUT2D eigenvalue weighted by molar-refractivity contribution is 0.142. The van der Waals surface area contributed by atoms with Crippen molar-refractivity contribution in [1.82, 2.24) is 4.90 Å². The van der Waals surface area contributed by atoms with Crippen LogP contribution in [0.5, 0.6) is 0 Å². The zero-order valence-corrected chi connectivity index (χ0v) is 9.06. The molecule has 1 atom stereocenters. The van der Waals surface area contributed by atoms with E-state index in [4.69, 9.17) is 11.5 Å². The van der Waals surface area contributed by atoms with Crippen molar-refractivity contribution in [2.24, 2.45) is 0 Å². The second-order valence-corrected chi connectivity index (χ2v) is 3.63. The van der Waals surface area contributed by atoms with Crippen LogP contribution in [0.4, 0.5) is 0 Å². The van der Waals surface area contributed by atoms with E-state index in [9.17, 15) is 0 Å². The number of aliphatic hydroxyl groups excluding tert-OH is 1. The lowest BCUT2D eigenvalue weighted by Gasteiger charge is -2.25. The fourth-order valence-electron chi connectivity index (χ4n) is 1.42. The molecule has 80 valence electrons. The molecule has 0 aromatic heterocycles. The highest BCUT2D eigenvalue weighted by Gasteiger charge is 2.11. The molecule has 0 radical (unpaired) electrons. The van der Waals surface area contributed by atoms with E-state index in [2.05, 4.69) is 23.0 Å². The molecule has 0 fully saturated rings. The number of terminal acetylenes is 1. The first-order valence-electron chi connectivity index (χ1n) is 5.10. The molecule has 0 spiro atoms. The molecule has 0 saturated heterocycles. The lowest BCUT2D eigenvalue weighted by atomic mass is 10.2. The summed E-state index contributed by atoms with van der Waals surface area (Å²) >= 11 is 0. The Kier molecular flexibility index (Phi) is 4.89. The van der Waals surface area contributed by atoms with Crippen LogP contribution in [-0.2, 0) is 6.54 Å². The van der Waals surface area contributed by atoms with Gasteiger partial charge in [-0.1, -0.05) is 36.3 Å². The highest BCUT2D eigenvalue weighted by atomic mass is 16.3. The molecule has 1 aromatic carbocycles. The second kappa shape index (κ2) is 6.23. The first-order valence-corrected chi connectivity index (χ1v) is 5.10. The topological polar surface area (TPSA) is 23.5 Å². The lowest BCUT2D eigenvalue weighted by Crippen LogP contribution is -2.35. The number of aliphatic hydroxyl groups is 1. The van der Waals surface area contributed by atoms with Gasteiger partial charge in [0.15, 0.2) is 0 Å². The molecule has 1 aromatic rings. The minimum Gasteiger partial charge on any atom is -0.395 e. The Morgan fingerprint density at radius 2 is 2.07 bits per heavy atom. The van der Waals surface area contributed by atoms with Gasteiger partial charge in [0.1, 0.15) is 0 Å². The van der Waals surface area contributed by atoms with Gasteiger partial charge in [-0.25, -0.2) is 0 Å². The number of hydrogen-bond acceptors (Lipinski definition) is 2. The summed E-state index contributed by atoms with van der Waals surface area (Å²) in [6, 6.07) is 10.2. The van der Waals surface area contributed by atoms with Gasteiger partial charge in [0, 0.05) is 12.6 Å². The molecule has 0 saturated carbocycles. The zero-order valence-electron chi connectivity index (χ0n) is 9.06. The van der Waals surface area contributed by atoms with E-state index in [0.29, 0.717) is 6.54 Å². The van der Waals surface area contributed by atoms with E-state index < -0.39 is 0 Å². The smallest absolute Gasteiger partial charge is 0.0605 e. The van der Waals surface area contributed by atoms with Crippen LogP contribution in [0.1, 0.15) is 12.5 Å². The van der Waals surface area contributed by atoms with Crippen LogP contribution >= 0.6 is 0 Å². The Bertz CT molecular complexity index is 315. The van der Waals surface area contributed by atoms with Crippen LogP contribution in [-0.4, -0.2) is 29.2 Å². The second-order valence-electron chi connectivity index (χ2n) is 3.63. The van der Waals surface area contributed by atoms with E-state index in [1.807, 2.05) is 25.1 Å². The quantitative estimate of drug-likeness (QED) is 0.733. The summed E-state index contributed by atoms with van der Waals surface area (Å²) in [5, 5.41) is 9.10. The SMILES string of the molecule is C#CCN(Cc1ccccc1)[C@H](C)CO. The van der Waals surface area contributed by atoms with Gasteiger partial charge in [-0.2, -0.15) is 0 Å². The van der Waals surface area contributed by atoms with Gasteiger partial charge in [-0.05, 0) is 12.5 Å². The van der Waals surface area contributed by atoms with Gasteiger partial charge in [-0.15, -0.1) is 6.42 Å². The van der Waals surface area contributed by atoms with Gasteiger partial charge in [0.25, 0.3) is 0 Å². The molecule has 0 bridgehead atoms. The monoisotopic (exact) mass is 203 g/mol. The van der Waals surface area contributed by atoms with Gasteiger partial charge < -0.3 is 5.11 Å². The van der Waals surface area contributed by atoms with Crippen LogP contribution < -0.4 is 0 Å². The summed E-state index contributed by atoms with van der Waals surface area (Å²) < 4.78 is 0. The van der Waals surface area contributed by atoms with Crippen LogP contribution in [0.25, 0.3) is 0 Å². The van der Waals surface area contributed by atoms with E-state index >= 15 is 0 Å². The van der Waals surface area contributed by atoms with Crippen molar-refractivity contribution in [3.8, 4) is 12.3 Å². The Hall–Kier alpha value is -1.30. The van der Waals surface area contributed by atoms with Crippen molar-refractivity contribution in [3.63, 3.8) is 0 Å². The number of benzene rings is 1. The third-order valence-corrected chi connectivity index (χ3v) is 2.41. The highest BCUT2D eigenvalue weighted by Crippen LogP contribution is 2.07. The van der Waals surface area contributed by atoms with Crippen molar-refractivity contribution >= 4 is 0 Å². The summed E-state index contributed by atoms with van der Waals surface area (Å²) in [5.41, 5.74) is 1.22.